The number of carboxylic acid groups (broad SMARTS) is 1. The molecular formula is C13H11FN2O3. The summed E-state index contributed by atoms with van der Waals surface area (Å²) in [5, 5.41) is 11.3. The zero-order valence-electron chi connectivity index (χ0n) is 9.89. The van der Waals surface area contributed by atoms with E-state index in [1.54, 1.807) is 12.1 Å². The summed E-state index contributed by atoms with van der Waals surface area (Å²) in [6, 6.07) is 6.23. The van der Waals surface area contributed by atoms with Crippen molar-refractivity contribution in [2.24, 2.45) is 0 Å². The number of aromatic nitrogens is 1. The Labute approximate surface area is 108 Å². The Morgan fingerprint density at radius 1 is 1.32 bits per heavy atom. The molecule has 2 aromatic rings. The van der Waals surface area contributed by atoms with Gasteiger partial charge in [0.05, 0.1) is 11.1 Å². The van der Waals surface area contributed by atoms with E-state index in [0.717, 1.165) is 0 Å². The first-order chi connectivity index (χ1) is 9.11. The molecule has 1 heterocycles. The number of nitrogens with zero attached hydrogens (tertiary/aromatic N) is 1. The van der Waals surface area contributed by atoms with Gasteiger partial charge in [0.1, 0.15) is 13.2 Å². The second kappa shape index (κ2) is 5.43. The van der Waals surface area contributed by atoms with Gasteiger partial charge in [-0.05, 0) is 23.8 Å². The number of carbonyl (C=O) groups excluding carboxylic acids is 1. The van der Waals surface area contributed by atoms with Crippen molar-refractivity contribution >= 4 is 22.8 Å². The van der Waals surface area contributed by atoms with Crippen molar-refractivity contribution in [3.8, 4) is 0 Å². The predicted octanol–water partition coefficient (Wildman–Crippen LogP) is 1.52. The Morgan fingerprint density at radius 2 is 2.11 bits per heavy atom. The molecule has 0 aliphatic rings. The number of carbonyl (C=O) groups is 2. The minimum atomic E-state index is -1.13. The van der Waals surface area contributed by atoms with Gasteiger partial charge in [-0.1, -0.05) is 6.07 Å². The number of fused-ring (bicyclic) bond motifs is 1. The SMILES string of the molecule is O=C(O)CNC(=O)c1ccnc2ccc(CF)cc12. The molecule has 1 aromatic carbocycles. The largest absolute Gasteiger partial charge is 0.480 e. The molecule has 0 radical (unpaired) electrons. The summed E-state index contributed by atoms with van der Waals surface area (Å²) in [6.45, 7) is -1.10. The second-order valence-electron chi connectivity index (χ2n) is 3.92. The fraction of sp³-hybridized carbons (Fsp3) is 0.154. The van der Waals surface area contributed by atoms with Gasteiger partial charge in [-0.2, -0.15) is 0 Å². The van der Waals surface area contributed by atoms with Gasteiger partial charge < -0.3 is 10.4 Å². The van der Waals surface area contributed by atoms with Crippen LogP contribution >= 0.6 is 0 Å². The summed E-state index contributed by atoms with van der Waals surface area (Å²) in [7, 11) is 0. The van der Waals surface area contributed by atoms with Gasteiger partial charge in [0, 0.05) is 11.6 Å². The van der Waals surface area contributed by atoms with Crippen molar-refractivity contribution in [3.05, 3.63) is 41.6 Å². The van der Waals surface area contributed by atoms with Crippen LogP contribution in [0.1, 0.15) is 15.9 Å². The number of nitrogens with one attached hydrogen (secondary N) is 1. The number of pyridine rings is 1. The maximum absolute atomic E-state index is 12.6. The average Bonchev–Trinajstić information content (AvgIpc) is 2.43. The Morgan fingerprint density at radius 3 is 2.79 bits per heavy atom. The van der Waals surface area contributed by atoms with Crippen LogP contribution < -0.4 is 5.32 Å². The van der Waals surface area contributed by atoms with E-state index in [-0.39, 0.29) is 5.56 Å². The van der Waals surface area contributed by atoms with Crippen LogP contribution in [0.25, 0.3) is 10.9 Å². The molecule has 1 amide bonds. The van der Waals surface area contributed by atoms with Gasteiger partial charge in [-0.3, -0.25) is 14.6 Å². The van der Waals surface area contributed by atoms with E-state index in [0.29, 0.717) is 16.5 Å². The molecule has 19 heavy (non-hydrogen) atoms. The predicted molar refractivity (Wildman–Crippen MR) is 66.5 cm³/mol. The Balaban J connectivity index is 2.41. The Bertz CT molecular complexity index is 643. The maximum atomic E-state index is 12.6. The van der Waals surface area contributed by atoms with Gasteiger partial charge >= 0.3 is 5.97 Å². The molecule has 2 rings (SSSR count). The molecule has 0 fully saturated rings. The first-order valence-electron chi connectivity index (χ1n) is 5.55. The average molecular weight is 262 g/mol. The van der Waals surface area contributed by atoms with E-state index in [1.807, 2.05) is 0 Å². The lowest BCUT2D eigenvalue weighted by Crippen LogP contribution is -2.29. The van der Waals surface area contributed by atoms with Crippen LogP contribution in [0.15, 0.2) is 30.5 Å². The van der Waals surface area contributed by atoms with E-state index >= 15 is 0 Å². The maximum Gasteiger partial charge on any atom is 0.322 e. The molecule has 0 spiro atoms. The summed E-state index contributed by atoms with van der Waals surface area (Å²) in [4.78, 5) is 26.4. The Hall–Kier alpha value is -2.50. The van der Waals surface area contributed by atoms with Gasteiger partial charge in [0.15, 0.2) is 0 Å². The van der Waals surface area contributed by atoms with Crippen LogP contribution in [0.5, 0.6) is 0 Å². The van der Waals surface area contributed by atoms with E-state index in [9.17, 15) is 14.0 Å². The van der Waals surface area contributed by atoms with Crippen molar-refractivity contribution in [2.45, 2.75) is 6.67 Å². The van der Waals surface area contributed by atoms with E-state index < -0.39 is 25.1 Å². The molecule has 98 valence electrons. The van der Waals surface area contributed by atoms with Crippen molar-refractivity contribution < 1.29 is 19.1 Å². The minimum absolute atomic E-state index is 0.279. The highest BCUT2D eigenvalue weighted by molar-refractivity contribution is 6.06. The number of benzene rings is 1. The number of alkyl halides is 1. The zero-order chi connectivity index (χ0) is 13.8. The normalized spacial score (nSPS) is 10.4. The lowest BCUT2D eigenvalue weighted by Gasteiger charge is -2.07. The van der Waals surface area contributed by atoms with Crippen LogP contribution in [0.4, 0.5) is 4.39 Å². The van der Waals surface area contributed by atoms with Crippen molar-refractivity contribution in [3.63, 3.8) is 0 Å². The lowest BCUT2D eigenvalue weighted by atomic mass is 10.1. The standard InChI is InChI=1S/C13H11FN2O3/c14-6-8-1-2-11-10(5-8)9(3-4-15-11)13(19)16-7-12(17)18/h1-5H,6-7H2,(H,16,19)(H,17,18). The highest BCUT2D eigenvalue weighted by atomic mass is 19.1. The minimum Gasteiger partial charge on any atom is -0.480 e. The molecule has 0 saturated heterocycles. The fourth-order valence-electron chi connectivity index (χ4n) is 1.73. The fourth-order valence-corrected chi connectivity index (χ4v) is 1.73. The van der Waals surface area contributed by atoms with Crippen LogP contribution in [0, 0.1) is 0 Å². The highest BCUT2D eigenvalue weighted by Crippen LogP contribution is 2.19. The topological polar surface area (TPSA) is 79.3 Å². The summed E-state index contributed by atoms with van der Waals surface area (Å²) >= 11 is 0. The third-order valence-electron chi connectivity index (χ3n) is 2.61. The molecule has 0 atom stereocenters. The van der Waals surface area contributed by atoms with Crippen LogP contribution in [-0.4, -0.2) is 28.5 Å². The molecule has 6 heteroatoms. The van der Waals surface area contributed by atoms with E-state index in [4.69, 9.17) is 5.11 Å². The summed E-state index contributed by atoms with van der Waals surface area (Å²) in [5.74, 6) is -1.65. The third kappa shape index (κ3) is 2.85. The number of aliphatic carboxylic acids is 1. The molecule has 1 aromatic heterocycles. The molecular weight excluding hydrogens is 251 g/mol. The quantitative estimate of drug-likeness (QED) is 0.875. The third-order valence-corrected chi connectivity index (χ3v) is 2.61. The number of halogens is 1. The van der Waals surface area contributed by atoms with Crippen LogP contribution in [0.2, 0.25) is 0 Å². The van der Waals surface area contributed by atoms with Crippen molar-refractivity contribution in [1.82, 2.24) is 10.3 Å². The molecule has 0 aliphatic heterocycles. The molecule has 0 bridgehead atoms. The number of hydrogen-bond donors (Lipinski definition) is 2. The molecule has 5 nitrogen and oxygen atoms in total. The van der Waals surface area contributed by atoms with Crippen LogP contribution in [-0.2, 0) is 11.5 Å². The lowest BCUT2D eigenvalue weighted by molar-refractivity contribution is -0.135. The summed E-state index contributed by atoms with van der Waals surface area (Å²) in [6.07, 6.45) is 1.45. The number of hydrogen-bond acceptors (Lipinski definition) is 3. The van der Waals surface area contributed by atoms with Gasteiger partial charge in [-0.15, -0.1) is 0 Å². The second-order valence-corrected chi connectivity index (χ2v) is 3.92. The number of amides is 1. The highest BCUT2D eigenvalue weighted by Gasteiger charge is 2.11. The molecule has 0 aliphatic carbocycles. The summed E-state index contributed by atoms with van der Waals surface area (Å²) in [5.41, 5.74) is 1.27. The summed E-state index contributed by atoms with van der Waals surface area (Å²) < 4.78 is 12.6. The van der Waals surface area contributed by atoms with Crippen molar-refractivity contribution in [1.29, 1.82) is 0 Å². The van der Waals surface area contributed by atoms with Gasteiger partial charge in [-0.25, -0.2) is 4.39 Å². The van der Waals surface area contributed by atoms with Gasteiger partial charge in [0.2, 0.25) is 0 Å². The molecule has 0 unspecified atom stereocenters. The smallest absolute Gasteiger partial charge is 0.322 e. The number of carboxylic acids is 1. The molecule has 0 saturated carbocycles. The van der Waals surface area contributed by atoms with E-state index in [1.165, 1.54) is 18.3 Å². The monoisotopic (exact) mass is 262 g/mol. The zero-order valence-corrected chi connectivity index (χ0v) is 9.89. The first kappa shape index (κ1) is 12.9. The van der Waals surface area contributed by atoms with Crippen molar-refractivity contribution in [2.75, 3.05) is 6.54 Å². The number of rotatable bonds is 4. The van der Waals surface area contributed by atoms with Crippen LogP contribution in [0.3, 0.4) is 0 Å². The van der Waals surface area contributed by atoms with E-state index in [2.05, 4.69) is 10.3 Å². The first-order valence-corrected chi connectivity index (χ1v) is 5.55. The Kier molecular flexibility index (Phi) is 3.70. The van der Waals surface area contributed by atoms with Gasteiger partial charge in [0.25, 0.3) is 5.91 Å². The molecule has 2 N–H and O–H groups in total.